The van der Waals surface area contributed by atoms with Gasteiger partial charge in [-0.3, -0.25) is 4.79 Å². The molecule has 26 heavy (non-hydrogen) atoms. The van der Waals surface area contributed by atoms with Crippen LogP contribution < -0.4 is 5.32 Å². The number of nitrogens with one attached hydrogen (secondary N) is 1. The Morgan fingerprint density at radius 3 is 2.62 bits per heavy atom. The molecule has 1 atom stereocenters. The Labute approximate surface area is 156 Å². The summed E-state index contributed by atoms with van der Waals surface area (Å²) in [7, 11) is -3.07. The molecule has 1 amide bonds. The van der Waals surface area contributed by atoms with E-state index in [1.54, 1.807) is 5.38 Å². The first-order valence-electron chi connectivity index (χ1n) is 8.15. The van der Waals surface area contributed by atoms with Crippen LogP contribution in [0.5, 0.6) is 0 Å². The molecule has 2 heterocycles. The second-order valence-corrected chi connectivity index (χ2v) is 9.42. The molecule has 1 N–H and O–H groups in total. The van der Waals surface area contributed by atoms with Gasteiger partial charge in [0.25, 0.3) is 5.91 Å². The number of rotatable bonds is 5. The highest BCUT2D eigenvalue weighted by Gasteiger charge is 2.29. The van der Waals surface area contributed by atoms with Gasteiger partial charge in [0.1, 0.15) is 4.88 Å². The van der Waals surface area contributed by atoms with E-state index in [9.17, 15) is 18.0 Å². The average Bonchev–Trinajstić information content (AvgIpc) is 3.20. The molecule has 1 aliphatic rings. The highest BCUT2D eigenvalue weighted by Crippen LogP contribution is 2.29. The lowest BCUT2D eigenvalue weighted by molar-refractivity contribution is -0.124. The summed E-state index contributed by atoms with van der Waals surface area (Å²) in [5, 5.41) is 4.40. The van der Waals surface area contributed by atoms with Gasteiger partial charge in [0.05, 0.1) is 11.5 Å². The molecule has 1 aromatic carbocycles. The molecule has 1 fully saturated rings. The molecule has 3 rings (SSSR count). The van der Waals surface area contributed by atoms with Gasteiger partial charge >= 0.3 is 5.97 Å². The average molecular weight is 393 g/mol. The van der Waals surface area contributed by atoms with Gasteiger partial charge in [-0.15, -0.1) is 11.3 Å². The molecule has 138 valence electrons. The summed E-state index contributed by atoms with van der Waals surface area (Å²) in [5.74, 6) is -1.04. The lowest BCUT2D eigenvalue weighted by Gasteiger charge is -2.11. The van der Waals surface area contributed by atoms with Crippen LogP contribution in [-0.2, 0) is 19.4 Å². The smallest absolute Gasteiger partial charge is 0.349 e. The van der Waals surface area contributed by atoms with Crippen LogP contribution >= 0.6 is 11.3 Å². The quantitative estimate of drug-likeness (QED) is 0.787. The van der Waals surface area contributed by atoms with E-state index in [0.29, 0.717) is 11.3 Å². The Bertz CT molecular complexity index is 915. The number of hydrogen-bond acceptors (Lipinski definition) is 6. The van der Waals surface area contributed by atoms with E-state index in [0.717, 1.165) is 16.7 Å². The fraction of sp³-hybridized carbons (Fsp3) is 0.333. The zero-order valence-corrected chi connectivity index (χ0v) is 15.9. The van der Waals surface area contributed by atoms with Crippen LogP contribution in [0, 0.1) is 6.92 Å². The number of carbonyl (C=O) groups excluding carboxylic acids is 2. The fourth-order valence-electron chi connectivity index (χ4n) is 2.80. The highest BCUT2D eigenvalue weighted by atomic mass is 32.2. The number of ether oxygens (including phenoxy) is 1. The third kappa shape index (κ3) is 4.50. The molecule has 8 heteroatoms. The summed E-state index contributed by atoms with van der Waals surface area (Å²) in [4.78, 5) is 24.7. The zero-order chi connectivity index (χ0) is 18.7. The van der Waals surface area contributed by atoms with Crippen molar-refractivity contribution in [1.29, 1.82) is 0 Å². The first-order valence-corrected chi connectivity index (χ1v) is 10.9. The number of thiophene rings is 1. The van der Waals surface area contributed by atoms with Gasteiger partial charge in [-0.25, -0.2) is 13.2 Å². The number of esters is 1. The van der Waals surface area contributed by atoms with Crippen LogP contribution in [0.3, 0.4) is 0 Å². The van der Waals surface area contributed by atoms with Crippen molar-refractivity contribution in [2.75, 3.05) is 18.1 Å². The minimum atomic E-state index is -3.07. The van der Waals surface area contributed by atoms with Crippen molar-refractivity contribution >= 4 is 33.1 Å². The largest absolute Gasteiger partial charge is 0.451 e. The lowest BCUT2D eigenvalue weighted by atomic mass is 10.1. The van der Waals surface area contributed by atoms with E-state index < -0.39 is 34.4 Å². The Balaban J connectivity index is 1.58. The summed E-state index contributed by atoms with van der Waals surface area (Å²) in [6, 6.07) is 9.23. The molecule has 6 nitrogen and oxygen atoms in total. The maximum absolute atomic E-state index is 12.3. The van der Waals surface area contributed by atoms with E-state index in [4.69, 9.17) is 4.74 Å². The molecule has 1 aliphatic heterocycles. The topological polar surface area (TPSA) is 89.5 Å². The molecule has 0 aliphatic carbocycles. The molecule has 0 spiro atoms. The standard InChI is InChI=1S/C18H19NO5S2/c1-12-2-4-13(5-3-12)15-6-8-25-17(15)18(21)24-10-16(20)19-14-7-9-26(22,23)11-14/h2-6,8,14H,7,9-11H2,1H3,(H,19,20)/t14-/m0/s1. The van der Waals surface area contributed by atoms with Crippen molar-refractivity contribution in [2.45, 2.75) is 19.4 Å². The van der Waals surface area contributed by atoms with Gasteiger partial charge in [0.15, 0.2) is 16.4 Å². The van der Waals surface area contributed by atoms with Gasteiger partial charge < -0.3 is 10.1 Å². The second kappa shape index (κ2) is 7.59. The van der Waals surface area contributed by atoms with Gasteiger partial charge in [-0.1, -0.05) is 29.8 Å². The van der Waals surface area contributed by atoms with Crippen molar-refractivity contribution < 1.29 is 22.7 Å². The maximum atomic E-state index is 12.3. The summed E-state index contributed by atoms with van der Waals surface area (Å²) < 4.78 is 27.9. The molecular weight excluding hydrogens is 374 g/mol. The van der Waals surface area contributed by atoms with Gasteiger partial charge in [0.2, 0.25) is 0 Å². The van der Waals surface area contributed by atoms with E-state index in [1.165, 1.54) is 11.3 Å². The zero-order valence-electron chi connectivity index (χ0n) is 14.2. The highest BCUT2D eigenvalue weighted by molar-refractivity contribution is 7.91. The van der Waals surface area contributed by atoms with E-state index in [2.05, 4.69) is 5.32 Å². The number of carbonyl (C=O) groups is 2. The molecule has 0 unspecified atom stereocenters. The maximum Gasteiger partial charge on any atom is 0.349 e. The van der Waals surface area contributed by atoms with Crippen LogP contribution in [-0.4, -0.2) is 44.4 Å². The van der Waals surface area contributed by atoms with Gasteiger partial charge in [-0.2, -0.15) is 0 Å². The van der Waals surface area contributed by atoms with Crippen LogP contribution in [0.4, 0.5) is 0 Å². The third-order valence-corrected chi connectivity index (χ3v) is 6.81. The predicted molar refractivity (Wildman–Crippen MR) is 100.0 cm³/mol. The molecular formula is C18H19NO5S2. The molecule has 0 radical (unpaired) electrons. The van der Waals surface area contributed by atoms with E-state index in [-0.39, 0.29) is 11.5 Å². The Morgan fingerprint density at radius 1 is 1.23 bits per heavy atom. The summed E-state index contributed by atoms with van der Waals surface area (Å²) in [6.07, 6.45) is 0.393. The van der Waals surface area contributed by atoms with Crippen LogP contribution in [0.1, 0.15) is 21.7 Å². The summed E-state index contributed by atoms with van der Waals surface area (Å²) in [5.41, 5.74) is 2.80. The Hall–Kier alpha value is -2.19. The Morgan fingerprint density at radius 2 is 1.96 bits per heavy atom. The minimum Gasteiger partial charge on any atom is -0.451 e. The van der Waals surface area contributed by atoms with Gasteiger partial charge in [0, 0.05) is 11.6 Å². The van der Waals surface area contributed by atoms with Crippen molar-refractivity contribution in [3.63, 3.8) is 0 Å². The minimum absolute atomic E-state index is 0.0603. The molecule has 0 saturated carbocycles. The van der Waals surface area contributed by atoms with Crippen molar-refractivity contribution in [3.8, 4) is 11.1 Å². The molecule has 2 aromatic rings. The molecule has 1 saturated heterocycles. The van der Waals surface area contributed by atoms with Crippen molar-refractivity contribution in [2.24, 2.45) is 0 Å². The fourth-order valence-corrected chi connectivity index (χ4v) is 5.28. The first kappa shape index (κ1) is 18.6. The van der Waals surface area contributed by atoms with Crippen LogP contribution in [0.25, 0.3) is 11.1 Å². The number of amides is 1. The normalized spacial score (nSPS) is 18.4. The SMILES string of the molecule is Cc1ccc(-c2ccsc2C(=O)OCC(=O)N[C@H]2CCS(=O)(=O)C2)cc1. The van der Waals surface area contributed by atoms with E-state index in [1.807, 2.05) is 37.3 Å². The Kier molecular flexibility index (Phi) is 5.43. The van der Waals surface area contributed by atoms with E-state index >= 15 is 0 Å². The van der Waals surface area contributed by atoms with Gasteiger partial charge in [-0.05, 0) is 30.4 Å². The summed E-state index contributed by atoms with van der Waals surface area (Å²) >= 11 is 1.26. The number of sulfone groups is 1. The summed E-state index contributed by atoms with van der Waals surface area (Å²) in [6.45, 7) is 1.56. The number of benzene rings is 1. The second-order valence-electron chi connectivity index (χ2n) is 6.27. The van der Waals surface area contributed by atoms with Crippen LogP contribution in [0.2, 0.25) is 0 Å². The van der Waals surface area contributed by atoms with Crippen molar-refractivity contribution in [1.82, 2.24) is 5.32 Å². The number of aryl methyl sites for hydroxylation is 1. The third-order valence-electron chi connectivity index (χ3n) is 4.15. The molecule has 0 bridgehead atoms. The van der Waals surface area contributed by atoms with Crippen molar-refractivity contribution in [3.05, 3.63) is 46.2 Å². The monoisotopic (exact) mass is 393 g/mol. The predicted octanol–water partition coefficient (Wildman–Crippen LogP) is 2.18. The number of hydrogen-bond donors (Lipinski definition) is 1. The first-order chi connectivity index (χ1) is 12.3. The lowest BCUT2D eigenvalue weighted by Crippen LogP contribution is -2.38. The van der Waals surface area contributed by atoms with Crippen LogP contribution in [0.15, 0.2) is 35.7 Å². The molecule has 1 aromatic heterocycles.